The number of benzene rings is 1. The Balaban J connectivity index is 1.98. The quantitative estimate of drug-likeness (QED) is 0.565. The summed E-state index contributed by atoms with van der Waals surface area (Å²) in [6.45, 7) is 4.72. The lowest BCUT2D eigenvalue weighted by atomic mass is 9.86. The Hall–Kier alpha value is -2.93. The molecule has 2 heterocycles. The molecule has 7 heteroatoms. The van der Waals surface area contributed by atoms with Gasteiger partial charge >= 0.3 is 17.7 Å². The van der Waals surface area contributed by atoms with Crippen LogP contribution in [0.2, 0.25) is 0 Å². The van der Waals surface area contributed by atoms with E-state index in [0.717, 1.165) is 41.5 Å². The number of rotatable bonds is 6. The number of nitrogens with zero attached hydrogens (tertiary/aromatic N) is 1. The van der Waals surface area contributed by atoms with E-state index in [-0.39, 0.29) is 11.8 Å². The van der Waals surface area contributed by atoms with Crippen LogP contribution in [0.5, 0.6) is 0 Å². The van der Waals surface area contributed by atoms with E-state index in [1.807, 2.05) is 32.2 Å². The molecule has 0 fully saturated rings. The third-order valence-corrected chi connectivity index (χ3v) is 6.04. The number of fused-ring (bicyclic) bond motifs is 4. The lowest BCUT2D eigenvalue weighted by Crippen LogP contribution is -2.48. The van der Waals surface area contributed by atoms with Gasteiger partial charge < -0.3 is 19.4 Å². The molecule has 1 atom stereocenters. The van der Waals surface area contributed by atoms with Crippen molar-refractivity contribution in [1.82, 2.24) is 9.88 Å². The molecule has 164 valence electrons. The number of Topliss-reactive ketones (excluding diaryl/α,β-unsaturated/α-hetero) is 1. The van der Waals surface area contributed by atoms with Crippen LogP contribution < -0.4 is 5.32 Å². The van der Waals surface area contributed by atoms with Crippen LogP contribution in [0.15, 0.2) is 30.4 Å². The van der Waals surface area contributed by atoms with Crippen molar-refractivity contribution in [2.45, 2.75) is 64.3 Å². The number of hydrogen-bond acceptors (Lipinski definition) is 6. The van der Waals surface area contributed by atoms with Gasteiger partial charge in [0.25, 0.3) is 0 Å². The molecule has 0 saturated carbocycles. The molecule has 7 nitrogen and oxygen atoms in total. The molecule has 0 radical (unpaired) electrons. The summed E-state index contributed by atoms with van der Waals surface area (Å²) in [4.78, 5) is 37.4. The number of aryl methyl sites for hydroxylation is 1. The number of esters is 2. The number of nitrogens with one attached hydrogen (secondary N) is 1. The van der Waals surface area contributed by atoms with Crippen LogP contribution in [0.1, 0.15) is 61.1 Å². The molecule has 1 unspecified atom stereocenters. The summed E-state index contributed by atoms with van der Waals surface area (Å²) in [5.41, 5.74) is 3.26. The summed E-state index contributed by atoms with van der Waals surface area (Å²) in [6.07, 6.45) is 5.33. The van der Waals surface area contributed by atoms with E-state index < -0.39 is 17.7 Å². The SMILES string of the molecule is CCCC(=O)c1ccc2c(c1)c1c(n2CCC)C2(CC(NC)C1)OC(=O)C=CC(=O)O2. The minimum absolute atomic E-state index is 0.0677. The Morgan fingerprint density at radius 3 is 2.48 bits per heavy atom. The first-order valence-electron chi connectivity index (χ1n) is 10.9. The van der Waals surface area contributed by atoms with Gasteiger partial charge in [-0.05, 0) is 50.1 Å². The maximum atomic E-state index is 12.6. The van der Waals surface area contributed by atoms with E-state index in [9.17, 15) is 14.4 Å². The topological polar surface area (TPSA) is 86.6 Å². The Bertz CT molecular complexity index is 1060. The zero-order chi connectivity index (χ0) is 22.2. The van der Waals surface area contributed by atoms with Crippen molar-refractivity contribution in [2.75, 3.05) is 7.05 Å². The molecule has 1 N–H and O–H groups in total. The Morgan fingerprint density at radius 1 is 1.16 bits per heavy atom. The molecule has 1 aliphatic carbocycles. The fourth-order valence-electron chi connectivity index (χ4n) is 4.74. The van der Waals surface area contributed by atoms with Crippen LogP contribution in [-0.2, 0) is 37.8 Å². The zero-order valence-corrected chi connectivity index (χ0v) is 18.2. The number of aromatic nitrogens is 1. The molecule has 0 saturated heterocycles. The largest absolute Gasteiger partial charge is 0.413 e. The first-order valence-corrected chi connectivity index (χ1v) is 10.9. The smallest absolute Gasteiger partial charge is 0.334 e. The van der Waals surface area contributed by atoms with Crippen LogP contribution >= 0.6 is 0 Å². The van der Waals surface area contributed by atoms with E-state index in [4.69, 9.17) is 9.47 Å². The van der Waals surface area contributed by atoms with Gasteiger partial charge in [0.1, 0.15) is 5.69 Å². The Kier molecular flexibility index (Phi) is 5.71. The fraction of sp³-hybridized carbons (Fsp3) is 0.458. The van der Waals surface area contributed by atoms with E-state index in [2.05, 4.69) is 16.8 Å². The highest BCUT2D eigenvalue weighted by Gasteiger charge is 2.51. The van der Waals surface area contributed by atoms with Gasteiger partial charge in [-0.3, -0.25) is 4.79 Å². The maximum absolute atomic E-state index is 12.6. The normalized spacial score (nSPS) is 19.8. The van der Waals surface area contributed by atoms with E-state index in [1.165, 1.54) is 0 Å². The van der Waals surface area contributed by atoms with Gasteiger partial charge in [0.05, 0.1) is 0 Å². The van der Waals surface area contributed by atoms with Gasteiger partial charge in [0, 0.05) is 54.0 Å². The van der Waals surface area contributed by atoms with E-state index >= 15 is 0 Å². The second kappa shape index (κ2) is 8.30. The number of carbonyl (C=O) groups excluding carboxylic acids is 3. The fourth-order valence-corrected chi connectivity index (χ4v) is 4.74. The molecule has 1 aromatic heterocycles. The standard InChI is InChI=1S/C24H28N2O5/c1-4-6-20(27)15-7-8-19-17(12-15)18-13-16(25-3)14-24(23(18)26(19)11-5-2)30-21(28)9-10-22(29)31-24/h7-10,12,16,25H,4-6,11,13-14H2,1-3H3. The lowest BCUT2D eigenvalue weighted by Gasteiger charge is -2.39. The van der Waals surface area contributed by atoms with Crippen LogP contribution in [0.3, 0.4) is 0 Å². The van der Waals surface area contributed by atoms with Crippen molar-refractivity contribution in [2.24, 2.45) is 0 Å². The van der Waals surface area contributed by atoms with Crippen LogP contribution in [0, 0.1) is 0 Å². The molecule has 0 amide bonds. The summed E-state index contributed by atoms with van der Waals surface area (Å²) in [5, 5.41) is 4.19. The molecule has 31 heavy (non-hydrogen) atoms. The maximum Gasteiger partial charge on any atom is 0.334 e. The first-order chi connectivity index (χ1) is 14.9. The van der Waals surface area contributed by atoms with Crippen molar-refractivity contribution in [1.29, 1.82) is 0 Å². The highest BCUT2D eigenvalue weighted by Crippen LogP contribution is 2.45. The molecule has 0 bridgehead atoms. The molecule has 2 aromatic rings. The molecule has 1 aromatic carbocycles. The number of likely N-dealkylation sites (N-methyl/N-ethyl adjacent to an activating group) is 1. The summed E-state index contributed by atoms with van der Waals surface area (Å²) < 4.78 is 13.7. The van der Waals surface area contributed by atoms with Gasteiger partial charge in [-0.2, -0.15) is 0 Å². The summed E-state index contributed by atoms with van der Waals surface area (Å²) in [6, 6.07) is 5.67. The number of carbonyl (C=O) groups is 3. The average molecular weight is 424 g/mol. The second-order valence-corrected chi connectivity index (χ2v) is 8.21. The highest BCUT2D eigenvalue weighted by atomic mass is 16.7. The predicted octanol–water partition coefficient (Wildman–Crippen LogP) is 3.38. The van der Waals surface area contributed by atoms with Crippen LogP contribution in [-0.4, -0.2) is 35.4 Å². The molecule has 1 aliphatic heterocycles. The van der Waals surface area contributed by atoms with E-state index in [1.54, 1.807) is 0 Å². The second-order valence-electron chi connectivity index (χ2n) is 8.21. The van der Waals surface area contributed by atoms with Crippen molar-refractivity contribution < 1.29 is 23.9 Å². The third kappa shape index (κ3) is 3.67. The highest BCUT2D eigenvalue weighted by molar-refractivity contribution is 6.01. The van der Waals surface area contributed by atoms with Crippen molar-refractivity contribution in [3.63, 3.8) is 0 Å². The average Bonchev–Trinajstić information content (AvgIpc) is 2.98. The van der Waals surface area contributed by atoms with Crippen molar-refractivity contribution in [3.05, 3.63) is 47.2 Å². The summed E-state index contributed by atoms with van der Waals surface area (Å²) in [5.74, 6) is -2.63. The van der Waals surface area contributed by atoms with Gasteiger partial charge in [-0.1, -0.05) is 13.8 Å². The Morgan fingerprint density at radius 2 is 1.87 bits per heavy atom. The van der Waals surface area contributed by atoms with Crippen molar-refractivity contribution in [3.8, 4) is 0 Å². The first kappa shape index (κ1) is 21.3. The van der Waals surface area contributed by atoms with Gasteiger partial charge in [0.15, 0.2) is 5.78 Å². The molecule has 1 spiro atoms. The minimum Gasteiger partial charge on any atom is -0.413 e. The minimum atomic E-state index is -1.51. The number of ketones is 1. The van der Waals surface area contributed by atoms with Gasteiger partial charge in [-0.15, -0.1) is 0 Å². The monoisotopic (exact) mass is 424 g/mol. The van der Waals surface area contributed by atoms with Crippen LogP contribution in [0.25, 0.3) is 10.9 Å². The summed E-state index contributed by atoms with van der Waals surface area (Å²) in [7, 11) is 1.84. The molecular weight excluding hydrogens is 396 g/mol. The van der Waals surface area contributed by atoms with Gasteiger partial charge in [0.2, 0.25) is 0 Å². The molecular formula is C24H28N2O5. The molecule has 4 rings (SSSR count). The van der Waals surface area contributed by atoms with E-state index in [0.29, 0.717) is 37.1 Å². The number of hydrogen-bond donors (Lipinski definition) is 1. The third-order valence-electron chi connectivity index (χ3n) is 6.04. The van der Waals surface area contributed by atoms with Gasteiger partial charge in [-0.25, -0.2) is 9.59 Å². The lowest BCUT2D eigenvalue weighted by molar-refractivity contribution is -0.235. The Labute approximate surface area is 181 Å². The summed E-state index contributed by atoms with van der Waals surface area (Å²) >= 11 is 0. The van der Waals surface area contributed by atoms with Crippen LogP contribution in [0.4, 0.5) is 0 Å². The predicted molar refractivity (Wildman–Crippen MR) is 116 cm³/mol. The number of ether oxygens (including phenoxy) is 2. The molecule has 2 aliphatic rings. The van der Waals surface area contributed by atoms with Crippen molar-refractivity contribution >= 4 is 28.6 Å². The zero-order valence-electron chi connectivity index (χ0n) is 18.2.